The van der Waals surface area contributed by atoms with Crippen molar-refractivity contribution in [3.8, 4) is 0 Å². The molecule has 0 radical (unpaired) electrons. The highest BCUT2D eigenvalue weighted by Gasteiger charge is 2.34. The molecular weight excluding hydrogens is 248 g/mol. The molecule has 1 atom stereocenters. The Labute approximate surface area is 113 Å². The van der Waals surface area contributed by atoms with Crippen LogP contribution < -0.4 is 10.7 Å². The van der Waals surface area contributed by atoms with E-state index in [4.69, 9.17) is 0 Å². The fraction of sp³-hybridized carbons (Fsp3) is 0.833. The number of nitrogens with zero attached hydrogens (tertiary/aromatic N) is 2. The first kappa shape index (κ1) is 15.7. The van der Waals surface area contributed by atoms with Crippen LogP contribution in [-0.4, -0.2) is 65.8 Å². The van der Waals surface area contributed by atoms with Crippen LogP contribution in [0.1, 0.15) is 26.7 Å². The van der Waals surface area contributed by atoms with Crippen molar-refractivity contribution in [1.29, 1.82) is 0 Å². The Hall–Kier alpha value is -1.34. The number of aliphatic carboxylic acids is 1. The number of hydrogen-bond donors (Lipinski definition) is 3. The Bertz CT molecular complexity index is 329. The summed E-state index contributed by atoms with van der Waals surface area (Å²) in [6, 6.07) is -0.456. The molecule has 1 fully saturated rings. The second-order valence-corrected chi connectivity index (χ2v) is 5.24. The van der Waals surface area contributed by atoms with Gasteiger partial charge in [0.2, 0.25) is 0 Å². The molecule has 1 unspecified atom stereocenters. The van der Waals surface area contributed by atoms with Gasteiger partial charge in [0, 0.05) is 26.2 Å². The van der Waals surface area contributed by atoms with E-state index in [9.17, 15) is 14.7 Å². The van der Waals surface area contributed by atoms with Crippen molar-refractivity contribution in [1.82, 2.24) is 20.7 Å². The number of hydrazine groups is 1. The minimum atomic E-state index is -1.22. The molecule has 0 saturated carbocycles. The Kier molecular flexibility index (Phi) is 5.56. The molecule has 19 heavy (non-hydrogen) atoms. The van der Waals surface area contributed by atoms with Crippen LogP contribution >= 0.6 is 0 Å². The normalized spacial score (nSPS) is 20.6. The third-order valence-electron chi connectivity index (χ3n) is 3.37. The first-order valence-electron chi connectivity index (χ1n) is 6.63. The lowest BCUT2D eigenvalue weighted by Gasteiger charge is -2.33. The number of carbonyl (C=O) groups excluding carboxylic acids is 1. The molecule has 0 aliphatic carbocycles. The number of likely N-dealkylation sites (N-methyl/N-ethyl adjacent to an activating group) is 1. The van der Waals surface area contributed by atoms with Crippen LogP contribution in [0.5, 0.6) is 0 Å². The van der Waals surface area contributed by atoms with Gasteiger partial charge in [-0.05, 0) is 20.4 Å². The van der Waals surface area contributed by atoms with E-state index < -0.39 is 17.5 Å². The van der Waals surface area contributed by atoms with E-state index in [2.05, 4.69) is 15.6 Å². The molecule has 2 amide bonds. The summed E-state index contributed by atoms with van der Waals surface area (Å²) in [5.74, 6) is -1.01. The molecular formula is C12H24N4O3. The Morgan fingerprint density at radius 1 is 1.26 bits per heavy atom. The topological polar surface area (TPSA) is 84.9 Å². The lowest BCUT2D eigenvalue weighted by Crippen LogP contribution is -2.60. The Balaban J connectivity index is 2.47. The SMILES string of the molecule is CCCC(C)(NC(=O)NN1CCN(C)CC1)C(=O)O. The van der Waals surface area contributed by atoms with Gasteiger partial charge in [-0.3, -0.25) is 5.43 Å². The third kappa shape index (κ3) is 4.68. The highest BCUT2D eigenvalue weighted by Crippen LogP contribution is 2.12. The zero-order valence-corrected chi connectivity index (χ0v) is 11.9. The smallest absolute Gasteiger partial charge is 0.330 e. The predicted molar refractivity (Wildman–Crippen MR) is 71.7 cm³/mol. The second-order valence-electron chi connectivity index (χ2n) is 5.24. The van der Waals surface area contributed by atoms with Gasteiger partial charge in [0.05, 0.1) is 0 Å². The molecule has 7 nitrogen and oxygen atoms in total. The Morgan fingerprint density at radius 3 is 2.32 bits per heavy atom. The quantitative estimate of drug-likeness (QED) is 0.660. The van der Waals surface area contributed by atoms with Gasteiger partial charge >= 0.3 is 12.0 Å². The number of amides is 2. The van der Waals surface area contributed by atoms with Crippen molar-refractivity contribution in [2.45, 2.75) is 32.2 Å². The van der Waals surface area contributed by atoms with Crippen LogP contribution in [0, 0.1) is 0 Å². The largest absolute Gasteiger partial charge is 0.480 e. The summed E-state index contributed by atoms with van der Waals surface area (Å²) in [6.07, 6.45) is 1.09. The molecule has 110 valence electrons. The molecule has 7 heteroatoms. The summed E-state index contributed by atoms with van der Waals surface area (Å²) >= 11 is 0. The van der Waals surface area contributed by atoms with Gasteiger partial charge < -0.3 is 15.3 Å². The van der Waals surface area contributed by atoms with Crippen LogP contribution in [0.4, 0.5) is 4.79 Å². The summed E-state index contributed by atoms with van der Waals surface area (Å²) in [6.45, 7) is 6.66. The van der Waals surface area contributed by atoms with E-state index in [-0.39, 0.29) is 0 Å². The average Bonchev–Trinajstić information content (AvgIpc) is 2.32. The minimum Gasteiger partial charge on any atom is -0.480 e. The van der Waals surface area contributed by atoms with E-state index in [0.29, 0.717) is 12.8 Å². The lowest BCUT2D eigenvalue weighted by atomic mass is 9.97. The van der Waals surface area contributed by atoms with Gasteiger partial charge in [-0.15, -0.1) is 0 Å². The molecule has 0 aromatic rings. The van der Waals surface area contributed by atoms with Gasteiger partial charge in [-0.1, -0.05) is 13.3 Å². The van der Waals surface area contributed by atoms with Crippen molar-refractivity contribution in [3.05, 3.63) is 0 Å². The van der Waals surface area contributed by atoms with Crippen molar-refractivity contribution in [2.24, 2.45) is 0 Å². The average molecular weight is 272 g/mol. The fourth-order valence-electron chi connectivity index (χ4n) is 2.06. The maximum absolute atomic E-state index is 11.8. The van der Waals surface area contributed by atoms with Gasteiger partial charge in [0.1, 0.15) is 5.54 Å². The molecule has 0 spiro atoms. The van der Waals surface area contributed by atoms with Crippen molar-refractivity contribution < 1.29 is 14.7 Å². The Morgan fingerprint density at radius 2 is 1.84 bits per heavy atom. The highest BCUT2D eigenvalue weighted by molar-refractivity contribution is 5.85. The minimum absolute atomic E-state index is 0.401. The van der Waals surface area contributed by atoms with Gasteiger partial charge in [0.25, 0.3) is 0 Å². The zero-order valence-electron chi connectivity index (χ0n) is 11.9. The van der Waals surface area contributed by atoms with E-state index >= 15 is 0 Å². The number of rotatable bonds is 5. The van der Waals surface area contributed by atoms with Crippen LogP contribution in [0.25, 0.3) is 0 Å². The number of carboxylic acids is 1. The zero-order chi connectivity index (χ0) is 14.5. The van der Waals surface area contributed by atoms with Crippen LogP contribution in [0.15, 0.2) is 0 Å². The number of urea groups is 1. The summed E-state index contributed by atoms with van der Waals surface area (Å²) in [5, 5.41) is 13.5. The molecule has 0 aromatic heterocycles. The van der Waals surface area contributed by atoms with Crippen LogP contribution in [0.3, 0.4) is 0 Å². The van der Waals surface area contributed by atoms with Gasteiger partial charge in [-0.25, -0.2) is 14.6 Å². The van der Waals surface area contributed by atoms with Crippen molar-refractivity contribution in [3.63, 3.8) is 0 Å². The van der Waals surface area contributed by atoms with Crippen molar-refractivity contribution >= 4 is 12.0 Å². The first-order valence-corrected chi connectivity index (χ1v) is 6.63. The molecule has 1 rings (SSSR count). The maximum atomic E-state index is 11.8. The molecule has 1 heterocycles. The monoisotopic (exact) mass is 272 g/mol. The molecule has 3 N–H and O–H groups in total. The van der Waals surface area contributed by atoms with Crippen LogP contribution in [-0.2, 0) is 4.79 Å². The number of piperazine rings is 1. The first-order chi connectivity index (χ1) is 8.87. The van der Waals surface area contributed by atoms with Gasteiger partial charge in [-0.2, -0.15) is 0 Å². The summed E-state index contributed by atoms with van der Waals surface area (Å²) in [7, 11) is 2.03. The third-order valence-corrected chi connectivity index (χ3v) is 3.37. The van der Waals surface area contributed by atoms with Crippen LogP contribution in [0.2, 0.25) is 0 Å². The lowest BCUT2D eigenvalue weighted by molar-refractivity contribution is -0.144. The number of hydrogen-bond acceptors (Lipinski definition) is 4. The number of carbonyl (C=O) groups is 2. The summed E-state index contributed by atoms with van der Waals surface area (Å²) in [5.41, 5.74) is 1.48. The standard InChI is InChI=1S/C12H24N4O3/c1-4-5-12(2,10(17)18)13-11(19)14-16-8-6-15(3)7-9-16/h4-9H2,1-3H3,(H,17,18)(H2,13,14,19). The molecule has 0 aromatic carbocycles. The van der Waals surface area contributed by atoms with Gasteiger partial charge in [0.15, 0.2) is 0 Å². The van der Waals surface area contributed by atoms with E-state index in [1.807, 2.05) is 19.0 Å². The molecule has 1 aliphatic heterocycles. The fourth-order valence-corrected chi connectivity index (χ4v) is 2.06. The molecule has 1 saturated heterocycles. The highest BCUT2D eigenvalue weighted by atomic mass is 16.4. The second kappa shape index (κ2) is 6.72. The maximum Gasteiger partial charge on any atom is 0.330 e. The molecule has 1 aliphatic rings. The summed E-state index contributed by atoms with van der Waals surface area (Å²) < 4.78 is 0. The van der Waals surface area contributed by atoms with E-state index in [1.165, 1.54) is 6.92 Å². The van der Waals surface area contributed by atoms with E-state index in [1.54, 1.807) is 0 Å². The van der Waals surface area contributed by atoms with E-state index in [0.717, 1.165) is 26.2 Å². The molecule has 0 bridgehead atoms. The van der Waals surface area contributed by atoms with Crippen molar-refractivity contribution in [2.75, 3.05) is 33.2 Å². The number of carboxylic acid groups (broad SMARTS) is 1. The predicted octanol–water partition coefficient (Wildman–Crippen LogP) is 0.0914. The number of nitrogens with one attached hydrogen (secondary N) is 2. The summed E-state index contributed by atoms with van der Waals surface area (Å²) in [4.78, 5) is 25.2.